The minimum atomic E-state index is -0.647. The molecule has 3 heterocycles. The van der Waals surface area contributed by atoms with E-state index in [4.69, 9.17) is 4.74 Å². The highest BCUT2D eigenvalue weighted by molar-refractivity contribution is 5.99. The van der Waals surface area contributed by atoms with Crippen LogP contribution in [0, 0.1) is 17.8 Å². The number of aromatic nitrogens is 4. The number of allylic oxidation sites excluding steroid dienone is 2. The monoisotopic (exact) mass is 419 g/mol. The molecule has 1 amide bonds. The minimum absolute atomic E-state index is 0.190. The van der Waals surface area contributed by atoms with Gasteiger partial charge in [-0.05, 0) is 39.3 Å². The van der Waals surface area contributed by atoms with E-state index in [1.165, 1.54) is 4.57 Å². The molecule has 0 fully saturated rings. The number of anilines is 1. The molecule has 0 bridgehead atoms. The first-order chi connectivity index (χ1) is 14.7. The van der Waals surface area contributed by atoms with Crippen molar-refractivity contribution >= 4 is 22.7 Å². The summed E-state index contributed by atoms with van der Waals surface area (Å²) in [6.07, 6.45) is 11.0. The lowest BCUT2D eigenvalue weighted by atomic mass is 10.1. The summed E-state index contributed by atoms with van der Waals surface area (Å²) in [7, 11) is 1.79. The summed E-state index contributed by atoms with van der Waals surface area (Å²) in [6.45, 7) is 6.04. The van der Waals surface area contributed by atoms with Crippen LogP contribution in [-0.2, 0) is 18.3 Å². The molecule has 8 nitrogen and oxygen atoms in total. The maximum atomic E-state index is 13.4. The van der Waals surface area contributed by atoms with Gasteiger partial charge in [0.2, 0.25) is 0 Å². The Balaban J connectivity index is 1.75. The van der Waals surface area contributed by atoms with Gasteiger partial charge in [-0.15, -0.1) is 0 Å². The third kappa shape index (κ3) is 4.40. The number of aryl methyl sites for hydroxylation is 2. The summed E-state index contributed by atoms with van der Waals surface area (Å²) in [5, 5.41) is 7.32. The van der Waals surface area contributed by atoms with E-state index < -0.39 is 11.7 Å². The molecule has 1 aliphatic carbocycles. The topological polar surface area (TPSA) is 83.1 Å². The Morgan fingerprint density at radius 2 is 2.13 bits per heavy atom. The molecule has 0 saturated carbocycles. The van der Waals surface area contributed by atoms with Crippen LogP contribution < -0.4 is 10.9 Å². The number of rotatable bonds is 5. The van der Waals surface area contributed by atoms with Gasteiger partial charge in [-0.2, -0.15) is 5.10 Å². The largest absolute Gasteiger partial charge is 0.444 e. The van der Waals surface area contributed by atoms with Gasteiger partial charge in [0, 0.05) is 38.1 Å². The fraction of sp³-hybridized carbons (Fsp3) is 0.348. The molecular formula is C23H25N5O3. The van der Waals surface area contributed by atoms with E-state index >= 15 is 0 Å². The molecule has 0 saturated heterocycles. The number of nitrogens with one attached hydrogen (secondary N) is 1. The van der Waals surface area contributed by atoms with Gasteiger partial charge in [-0.1, -0.05) is 17.9 Å². The summed E-state index contributed by atoms with van der Waals surface area (Å²) >= 11 is 0. The van der Waals surface area contributed by atoms with Gasteiger partial charge in [0.1, 0.15) is 5.60 Å². The van der Waals surface area contributed by atoms with E-state index in [0.29, 0.717) is 23.3 Å². The van der Waals surface area contributed by atoms with Crippen molar-refractivity contribution in [2.75, 3.05) is 5.32 Å². The Kier molecular flexibility index (Phi) is 5.19. The second-order valence-electron chi connectivity index (χ2n) is 8.53. The average molecular weight is 419 g/mol. The van der Waals surface area contributed by atoms with E-state index in [0.717, 1.165) is 11.9 Å². The van der Waals surface area contributed by atoms with Crippen LogP contribution >= 0.6 is 0 Å². The predicted molar refractivity (Wildman–Crippen MR) is 119 cm³/mol. The van der Waals surface area contributed by atoms with Crippen LogP contribution in [0.15, 0.2) is 47.8 Å². The molecule has 0 aromatic carbocycles. The molecule has 3 aromatic rings. The first-order valence-electron chi connectivity index (χ1n) is 10.1. The summed E-state index contributed by atoms with van der Waals surface area (Å²) in [5.74, 6) is 6.30. The first kappa shape index (κ1) is 20.5. The molecule has 31 heavy (non-hydrogen) atoms. The van der Waals surface area contributed by atoms with Crippen molar-refractivity contribution in [1.82, 2.24) is 18.9 Å². The average Bonchev–Trinajstić information content (AvgIpc) is 3.40. The van der Waals surface area contributed by atoms with Gasteiger partial charge in [0.05, 0.1) is 28.5 Å². The van der Waals surface area contributed by atoms with Crippen molar-refractivity contribution in [3.63, 3.8) is 0 Å². The standard InChI is InChI=1S/C23H25N5O3/c1-23(2,3)31-22(30)25-18-15-27(11-9-16-7-5-6-8-16)19-10-12-28(21(29)20(18)19)17-13-24-26(4)14-17/h5,7,10,12-16H,9,11H2,1-4H3,(H,25,30)/t16-/m0/s1. The van der Waals surface area contributed by atoms with Crippen LogP contribution in [0.3, 0.4) is 0 Å². The van der Waals surface area contributed by atoms with Crippen LogP contribution in [-0.4, -0.2) is 30.6 Å². The van der Waals surface area contributed by atoms with Gasteiger partial charge >= 0.3 is 6.09 Å². The lowest BCUT2D eigenvalue weighted by Crippen LogP contribution is -2.27. The van der Waals surface area contributed by atoms with Crippen molar-refractivity contribution in [3.05, 3.63) is 53.4 Å². The first-order valence-corrected chi connectivity index (χ1v) is 10.1. The highest BCUT2D eigenvalue weighted by Gasteiger charge is 2.21. The third-order valence-electron chi connectivity index (χ3n) is 4.90. The lowest BCUT2D eigenvalue weighted by Gasteiger charge is -2.19. The summed E-state index contributed by atoms with van der Waals surface area (Å²) < 4.78 is 10.5. The number of amides is 1. The fourth-order valence-corrected chi connectivity index (χ4v) is 3.55. The van der Waals surface area contributed by atoms with E-state index in [2.05, 4.69) is 22.3 Å². The second-order valence-corrected chi connectivity index (χ2v) is 8.53. The van der Waals surface area contributed by atoms with Crippen LogP contribution in [0.25, 0.3) is 16.6 Å². The highest BCUT2D eigenvalue weighted by atomic mass is 16.6. The van der Waals surface area contributed by atoms with Gasteiger partial charge in [-0.25, -0.2) is 4.79 Å². The van der Waals surface area contributed by atoms with Crippen LogP contribution in [0.1, 0.15) is 27.2 Å². The normalized spacial score (nSPS) is 15.2. The van der Waals surface area contributed by atoms with Gasteiger partial charge in [-0.3, -0.25) is 19.4 Å². The van der Waals surface area contributed by atoms with Crippen LogP contribution in [0.4, 0.5) is 10.5 Å². The Bertz CT molecular complexity index is 1290. The molecule has 4 rings (SSSR count). The quantitative estimate of drug-likeness (QED) is 0.642. The summed E-state index contributed by atoms with van der Waals surface area (Å²) in [5.41, 5.74) is 0.922. The van der Waals surface area contributed by atoms with Gasteiger partial charge < -0.3 is 9.30 Å². The van der Waals surface area contributed by atoms with Crippen LogP contribution in [0.2, 0.25) is 0 Å². The van der Waals surface area contributed by atoms with Crippen molar-refractivity contribution in [1.29, 1.82) is 0 Å². The summed E-state index contributed by atoms with van der Waals surface area (Å²) in [6, 6.07) is 1.88. The number of hydrogen-bond acceptors (Lipinski definition) is 4. The zero-order valence-electron chi connectivity index (χ0n) is 18.0. The van der Waals surface area contributed by atoms with E-state index in [1.807, 2.05) is 22.8 Å². The van der Waals surface area contributed by atoms with Crippen molar-refractivity contribution < 1.29 is 9.53 Å². The molecule has 0 unspecified atom stereocenters. The molecule has 1 atom stereocenters. The van der Waals surface area contributed by atoms with Crippen molar-refractivity contribution in [2.45, 2.75) is 39.3 Å². The number of carbonyl (C=O) groups is 1. The number of hydrogen-bond donors (Lipinski definition) is 1. The van der Waals surface area contributed by atoms with E-state index in [1.54, 1.807) is 57.3 Å². The lowest BCUT2D eigenvalue weighted by molar-refractivity contribution is 0.0636. The molecule has 0 aliphatic heterocycles. The number of ether oxygens (including phenoxy) is 1. The molecule has 1 aliphatic rings. The smallest absolute Gasteiger partial charge is 0.412 e. The number of nitrogens with zero attached hydrogens (tertiary/aromatic N) is 4. The minimum Gasteiger partial charge on any atom is -0.444 e. The second kappa shape index (κ2) is 7.84. The Labute approximate surface area is 180 Å². The predicted octanol–water partition coefficient (Wildman–Crippen LogP) is 3.45. The maximum Gasteiger partial charge on any atom is 0.412 e. The molecule has 160 valence electrons. The molecule has 0 radical (unpaired) electrons. The Morgan fingerprint density at radius 1 is 1.32 bits per heavy atom. The molecule has 3 aromatic heterocycles. The molecule has 1 N–H and O–H groups in total. The van der Waals surface area contributed by atoms with Crippen LogP contribution in [0.5, 0.6) is 0 Å². The number of fused-ring (bicyclic) bond motifs is 1. The molecule has 8 heteroatoms. The van der Waals surface area contributed by atoms with Gasteiger partial charge in [0.25, 0.3) is 5.56 Å². The number of pyridine rings is 1. The summed E-state index contributed by atoms with van der Waals surface area (Å²) in [4.78, 5) is 25.8. The van der Waals surface area contributed by atoms with Gasteiger partial charge in [0.15, 0.2) is 0 Å². The van der Waals surface area contributed by atoms with E-state index in [9.17, 15) is 9.59 Å². The molecule has 0 spiro atoms. The maximum absolute atomic E-state index is 13.4. The third-order valence-corrected chi connectivity index (χ3v) is 4.90. The number of carbonyl (C=O) groups excluding carboxylic acids is 1. The molecular weight excluding hydrogens is 394 g/mol. The SMILES string of the molecule is Cn1cc(-n2ccc3c(c(NC(=O)OC(C)(C)C)cn3CC[C@@H]3C#CC=C3)c2=O)cn1. The van der Waals surface area contributed by atoms with Crippen molar-refractivity contribution in [3.8, 4) is 17.5 Å². The Morgan fingerprint density at radius 3 is 2.77 bits per heavy atom. The zero-order valence-corrected chi connectivity index (χ0v) is 18.0. The highest BCUT2D eigenvalue weighted by Crippen LogP contribution is 2.25. The Hall–Kier alpha value is -3.73. The fourth-order valence-electron chi connectivity index (χ4n) is 3.55. The zero-order chi connectivity index (χ0) is 22.2. The van der Waals surface area contributed by atoms with Crippen molar-refractivity contribution in [2.24, 2.45) is 13.0 Å². The van der Waals surface area contributed by atoms with E-state index in [-0.39, 0.29) is 11.5 Å².